The molecule has 0 aliphatic carbocycles. The molecule has 0 aliphatic heterocycles. The molecule has 1 heterocycles. The second kappa shape index (κ2) is 6.88. The van der Waals surface area contributed by atoms with E-state index >= 15 is 0 Å². The fourth-order valence-corrected chi connectivity index (χ4v) is 2.04. The van der Waals surface area contributed by atoms with Crippen molar-refractivity contribution in [2.45, 2.75) is 13.5 Å². The Hall–Kier alpha value is -1.36. The third kappa shape index (κ3) is 3.60. The molecular formula is C14H13Cl2FN2O. The summed E-state index contributed by atoms with van der Waals surface area (Å²) in [6.45, 7) is 3.11. The number of halogens is 3. The number of ether oxygens (including phenoxy) is 1. The largest absolute Gasteiger partial charge is 0.435 e. The van der Waals surface area contributed by atoms with Crippen molar-refractivity contribution in [3.8, 4) is 11.6 Å². The van der Waals surface area contributed by atoms with Crippen molar-refractivity contribution in [1.29, 1.82) is 0 Å². The molecule has 0 unspecified atom stereocenters. The van der Waals surface area contributed by atoms with Crippen LogP contribution in [-0.2, 0) is 6.54 Å². The number of benzene rings is 1. The zero-order valence-electron chi connectivity index (χ0n) is 10.8. The number of aromatic nitrogens is 1. The van der Waals surface area contributed by atoms with Gasteiger partial charge in [-0.3, -0.25) is 0 Å². The SMILES string of the molecule is CCNCc1ccnc(Oc2ccc(Cl)cc2Cl)c1F. The first-order valence-corrected chi connectivity index (χ1v) is 6.84. The standard InChI is InChI=1S/C14H13Cl2FN2O/c1-2-18-8-9-5-6-19-14(13(9)17)20-12-4-3-10(15)7-11(12)16/h3-7,18H,2,8H2,1H3. The first-order valence-electron chi connectivity index (χ1n) is 6.08. The van der Waals surface area contributed by atoms with Gasteiger partial charge in [-0.25, -0.2) is 9.37 Å². The summed E-state index contributed by atoms with van der Waals surface area (Å²) in [5.41, 5.74) is 0.488. The molecular weight excluding hydrogens is 302 g/mol. The van der Waals surface area contributed by atoms with Gasteiger partial charge in [0.15, 0.2) is 5.82 Å². The van der Waals surface area contributed by atoms with Gasteiger partial charge in [-0.15, -0.1) is 0 Å². The molecule has 3 nitrogen and oxygen atoms in total. The minimum absolute atomic E-state index is 0.107. The highest BCUT2D eigenvalue weighted by Gasteiger charge is 2.13. The maximum absolute atomic E-state index is 14.2. The Bertz CT molecular complexity index is 608. The Labute approximate surface area is 126 Å². The van der Waals surface area contributed by atoms with E-state index in [0.717, 1.165) is 6.54 Å². The Morgan fingerprint density at radius 2 is 2.10 bits per heavy atom. The van der Waals surface area contributed by atoms with E-state index in [-0.39, 0.29) is 5.88 Å². The number of nitrogens with one attached hydrogen (secondary N) is 1. The molecule has 0 saturated heterocycles. The van der Waals surface area contributed by atoms with Gasteiger partial charge in [0, 0.05) is 23.3 Å². The van der Waals surface area contributed by atoms with E-state index in [4.69, 9.17) is 27.9 Å². The quantitative estimate of drug-likeness (QED) is 0.886. The van der Waals surface area contributed by atoms with E-state index in [1.54, 1.807) is 18.2 Å². The lowest BCUT2D eigenvalue weighted by atomic mass is 10.2. The van der Waals surface area contributed by atoms with E-state index in [1.165, 1.54) is 12.3 Å². The molecule has 106 valence electrons. The third-order valence-electron chi connectivity index (χ3n) is 2.60. The summed E-state index contributed by atoms with van der Waals surface area (Å²) in [5, 5.41) is 3.83. The predicted molar refractivity (Wildman–Crippen MR) is 78.1 cm³/mol. The lowest BCUT2D eigenvalue weighted by molar-refractivity contribution is 0.418. The molecule has 0 bridgehead atoms. The molecule has 0 saturated carbocycles. The van der Waals surface area contributed by atoms with Crippen LogP contribution in [0.5, 0.6) is 11.6 Å². The van der Waals surface area contributed by atoms with Gasteiger partial charge >= 0.3 is 0 Å². The molecule has 2 rings (SSSR count). The number of hydrogen-bond acceptors (Lipinski definition) is 3. The van der Waals surface area contributed by atoms with E-state index in [0.29, 0.717) is 27.9 Å². The molecule has 0 fully saturated rings. The van der Waals surface area contributed by atoms with E-state index in [1.807, 2.05) is 6.92 Å². The fraction of sp³-hybridized carbons (Fsp3) is 0.214. The van der Waals surface area contributed by atoms with Gasteiger partial charge in [0.05, 0.1) is 5.02 Å². The highest BCUT2D eigenvalue weighted by Crippen LogP contribution is 2.32. The number of nitrogens with zero attached hydrogens (tertiary/aromatic N) is 1. The van der Waals surface area contributed by atoms with Crippen LogP contribution >= 0.6 is 23.2 Å². The molecule has 0 spiro atoms. The van der Waals surface area contributed by atoms with Crippen molar-refractivity contribution in [2.24, 2.45) is 0 Å². The maximum Gasteiger partial charge on any atom is 0.256 e. The average molecular weight is 315 g/mol. The molecule has 0 amide bonds. The lowest BCUT2D eigenvalue weighted by Gasteiger charge is -2.10. The first kappa shape index (κ1) is 15.0. The number of hydrogen-bond donors (Lipinski definition) is 1. The Kier molecular flexibility index (Phi) is 5.17. The van der Waals surface area contributed by atoms with Crippen molar-refractivity contribution in [1.82, 2.24) is 10.3 Å². The Morgan fingerprint density at radius 1 is 1.30 bits per heavy atom. The summed E-state index contributed by atoms with van der Waals surface area (Å²) in [4.78, 5) is 3.89. The van der Waals surface area contributed by atoms with Gasteiger partial charge < -0.3 is 10.1 Å². The number of rotatable bonds is 5. The summed E-state index contributed by atoms with van der Waals surface area (Å²) in [5.74, 6) is -0.299. The molecule has 0 aliphatic rings. The minimum atomic E-state index is -0.500. The molecule has 2 aromatic rings. The van der Waals surface area contributed by atoms with Crippen LogP contribution in [0.15, 0.2) is 30.5 Å². The molecule has 20 heavy (non-hydrogen) atoms. The van der Waals surface area contributed by atoms with Gasteiger partial charge in [-0.2, -0.15) is 0 Å². The van der Waals surface area contributed by atoms with Crippen LogP contribution in [0.1, 0.15) is 12.5 Å². The zero-order valence-corrected chi connectivity index (χ0v) is 12.3. The van der Waals surface area contributed by atoms with E-state index < -0.39 is 5.82 Å². The Balaban J connectivity index is 2.24. The van der Waals surface area contributed by atoms with Crippen LogP contribution in [0.3, 0.4) is 0 Å². The van der Waals surface area contributed by atoms with Crippen molar-refractivity contribution in [3.63, 3.8) is 0 Å². The second-order valence-electron chi connectivity index (χ2n) is 4.05. The lowest BCUT2D eigenvalue weighted by Crippen LogP contribution is -2.13. The smallest absolute Gasteiger partial charge is 0.256 e. The van der Waals surface area contributed by atoms with Crippen LogP contribution in [0, 0.1) is 5.82 Å². The summed E-state index contributed by atoms with van der Waals surface area (Å²) >= 11 is 11.8. The molecule has 1 aromatic carbocycles. The second-order valence-corrected chi connectivity index (χ2v) is 4.89. The van der Waals surface area contributed by atoms with E-state index in [9.17, 15) is 4.39 Å². The van der Waals surface area contributed by atoms with E-state index in [2.05, 4.69) is 10.3 Å². The van der Waals surface area contributed by atoms with Crippen LogP contribution in [0.25, 0.3) is 0 Å². The maximum atomic E-state index is 14.2. The topological polar surface area (TPSA) is 34.2 Å². The zero-order chi connectivity index (χ0) is 14.5. The van der Waals surface area contributed by atoms with Crippen molar-refractivity contribution < 1.29 is 9.13 Å². The highest BCUT2D eigenvalue weighted by atomic mass is 35.5. The van der Waals surface area contributed by atoms with Crippen LogP contribution in [0.2, 0.25) is 10.0 Å². The van der Waals surface area contributed by atoms with Crippen LogP contribution in [-0.4, -0.2) is 11.5 Å². The summed E-state index contributed by atoms with van der Waals surface area (Å²) < 4.78 is 19.6. The average Bonchev–Trinajstić information content (AvgIpc) is 2.42. The normalized spacial score (nSPS) is 10.6. The van der Waals surface area contributed by atoms with Gasteiger partial charge in [-0.05, 0) is 30.8 Å². The van der Waals surface area contributed by atoms with Crippen molar-refractivity contribution in [2.75, 3.05) is 6.54 Å². The van der Waals surface area contributed by atoms with Crippen molar-refractivity contribution >= 4 is 23.2 Å². The summed E-state index contributed by atoms with van der Waals surface area (Å²) in [7, 11) is 0. The highest BCUT2D eigenvalue weighted by molar-refractivity contribution is 6.35. The predicted octanol–water partition coefficient (Wildman–Crippen LogP) is 4.43. The van der Waals surface area contributed by atoms with Gasteiger partial charge in [0.1, 0.15) is 5.75 Å². The van der Waals surface area contributed by atoms with Gasteiger partial charge in [-0.1, -0.05) is 30.1 Å². The minimum Gasteiger partial charge on any atom is -0.435 e. The van der Waals surface area contributed by atoms with Crippen molar-refractivity contribution in [3.05, 3.63) is 51.9 Å². The fourth-order valence-electron chi connectivity index (χ4n) is 1.59. The monoisotopic (exact) mass is 314 g/mol. The molecule has 0 atom stereocenters. The summed E-state index contributed by atoms with van der Waals surface area (Å²) in [6, 6.07) is 6.32. The van der Waals surface area contributed by atoms with Gasteiger partial charge in [0.2, 0.25) is 0 Å². The Morgan fingerprint density at radius 3 is 2.80 bits per heavy atom. The molecule has 0 radical (unpaired) electrons. The van der Waals surface area contributed by atoms with Crippen LogP contribution in [0.4, 0.5) is 4.39 Å². The molecule has 1 N–H and O–H groups in total. The third-order valence-corrected chi connectivity index (χ3v) is 3.13. The first-order chi connectivity index (χ1) is 9.61. The summed E-state index contributed by atoms with van der Waals surface area (Å²) in [6.07, 6.45) is 1.49. The van der Waals surface area contributed by atoms with Crippen LogP contribution < -0.4 is 10.1 Å². The molecule has 6 heteroatoms. The van der Waals surface area contributed by atoms with Gasteiger partial charge in [0.25, 0.3) is 5.88 Å². The molecule has 1 aromatic heterocycles. The number of pyridine rings is 1.